The second-order valence-corrected chi connectivity index (χ2v) is 5.23. The van der Waals surface area contributed by atoms with Crippen LogP contribution < -0.4 is 5.32 Å². The highest BCUT2D eigenvalue weighted by atomic mass is 32.1. The molecule has 0 fully saturated rings. The number of nitrogens with one attached hydrogen (secondary N) is 1. The Kier molecular flexibility index (Phi) is 3.54. The number of nitrogens with zero attached hydrogens (tertiary/aromatic N) is 3. The molecule has 2 heterocycles. The van der Waals surface area contributed by atoms with Gasteiger partial charge >= 0.3 is 0 Å². The van der Waals surface area contributed by atoms with Crippen LogP contribution in [0.4, 0.5) is 0 Å². The zero-order chi connectivity index (χ0) is 12.4. The maximum atomic E-state index is 5.31. The number of rotatable bonds is 4. The Bertz CT molecular complexity index is 505. The Labute approximate surface area is 104 Å². The molecule has 0 saturated carbocycles. The Morgan fingerprint density at radius 3 is 2.59 bits per heavy atom. The molecule has 17 heavy (non-hydrogen) atoms. The van der Waals surface area contributed by atoms with Crippen molar-refractivity contribution in [2.75, 3.05) is 0 Å². The highest BCUT2D eigenvalue weighted by molar-refractivity contribution is 7.11. The second-order valence-electron chi connectivity index (χ2n) is 4.00. The molecule has 1 atom stereocenters. The quantitative estimate of drug-likeness (QED) is 0.904. The minimum atomic E-state index is 0.244. The van der Waals surface area contributed by atoms with Crippen LogP contribution in [0, 0.1) is 20.8 Å². The first-order valence-electron chi connectivity index (χ1n) is 5.52. The third-order valence-electron chi connectivity index (χ3n) is 2.46. The smallest absolute Gasteiger partial charge is 0.230 e. The third-order valence-corrected chi connectivity index (χ3v) is 3.72. The van der Waals surface area contributed by atoms with Crippen molar-refractivity contribution < 1.29 is 4.42 Å². The Morgan fingerprint density at radius 1 is 1.29 bits per heavy atom. The molecule has 1 unspecified atom stereocenters. The Hall–Kier alpha value is -1.27. The first-order valence-corrected chi connectivity index (χ1v) is 6.34. The first kappa shape index (κ1) is 12.2. The summed E-state index contributed by atoms with van der Waals surface area (Å²) in [5, 5.41) is 12.2. The van der Waals surface area contributed by atoms with Gasteiger partial charge in [0, 0.05) is 17.8 Å². The predicted molar refractivity (Wildman–Crippen MR) is 65.9 cm³/mol. The van der Waals surface area contributed by atoms with E-state index in [0.717, 1.165) is 10.7 Å². The molecule has 0 aliphatic rings. The Morgan fingerprint density at radius 2 is 2.06 bits per heavy atom. The predicted octanol–water partition coefficient (Wildman–Crippen LogP) is 2.30. The molecule has 1 N–H and O–H groups in total. The summed E-state index contributed by atoms with van der Waals surface area (Å²) in [6, 6.07) is 0.244. The largest absolute Gasteiger partial charge is 0.424 e. The molecule has 0 bridgehead atoms. The number of thiazole rings is 1. The van der Waals surface area contributed by atoms with Crippen molar-refractivity contribution in [1.82, 2.24) is 20.5 Å². The van der Waals surface area contributed by atoms with E-state index >= 15 is 0 Å². The van der Waals surface area contributed by atoms with Crippen molar-refractivity contribution >= 4 is 11.3 Å². The van der Waals surface area contributed by atoms with E-state index in [9.17, 15) is 0 Å². The lowest BCUT2D eigenvalue weighted by Gasteiger charge is -2.10. The molecule has 6 heteroatoms. The lowest BCUT2D eigenvalue weighted by Crippen LogP contribution is -2.18. The normalized spacial score (nSPS) is 12.9. The fourth-order valence-electron chi connectivity index (χ4n) is 1.69. The van der Waals surface area contributed by atoms with Crippen molar-refractivity contribution in [1.29, 1.82) is 0 Å². The molecule has 0 aliphatic heterocycles. The molecular formula is C11H16N4OS. The third kappa shape index (κ3) is 2.89. The lowest BCUT2D eigenvalue weighted by molar-refractivity contribution is 0.431. The summed E-state index contributed by atoms with van der Waals surface area (Å²) in [6.45, 7) is 8.54. The van der Waals surface area contributed by atoms with E-state index in [1.165, 1.54) is 4.88 Å². The average molecular weight is 252 g/mol. The summed E-state index contributed by atoms with van der Waals surface area (Å²) in [5.41, 5.74) is 1.09. The van der Waals surface area contributed by atoms with Crippen LogP contribution in [0.25, 0.3) is 0 Å². The van der Waals surface area contributed by atoms with E-state index in [2.05, 4.69) is 27.4 Å². The SMILES string of the molecule is Cc1nnc(CNC(C)c2sc(C)nc2C)o1. The van der Waals surface area contributed by atoms with Gasteiger partial charge in [-0.15, -0.1) is 21.5 Å². The van der Waals surface area contributed by atoms with Crippen LogP contribution in [0.3, 0.4) is 0 Å². The van der Waals surface area contributed by atoms with Crippen molar-refractivity contribution in [3.05, 3.63) is 27.4 Å². The molecule has 2 aromatic rings. The fraction of sp³-hybridized carbons (Fsp3) is 0.545. The molecule has 92 valence electrons. The molecule has 0 saturated heterocycles. The van der Waals surface area contributed by atoms with E-state index in [4.69, 9.17) is 4.42 Å². The van der Waals surface area contributed by atoms with Gasteiger partial charge in [-0.25, -0.2) is 4.98 Å². The van der Waals surface area contributed by atoms with Gasteiger partial charge in [0.25, 0.3) is 0 Å². The zero-order valence-corrected chi connectivity index (χ0v) is 11.3. The summed E-state index contributed by atoms with van der Waals surface area (Å²) in [7, 11) is 0. The zero-order valence-electron chi connectivity index (χ0n) is 10.4. The number of hydrogen-bond donors (Lipinski definition) is 1. The molecule has 0 aliphatic carbocycles. The van der Waals surface area contributed by atoms with Gasteiger partial charge in [-0.1, -0.05) is 0 Å². The number of aromatic nitrogens is 3. The minimum absolute atomic E-state index is 0.244. The van der Waals surface area contributed by atoms with E-state index in [0.29, 0.717) is 18.3 Å². The fourth-order valence-corrected chi connectivity index (χ4v) is 2.65. The summed E-state index contributed by atoms with van der Waals surface area (Å²) in [4.78, 5) is 5.68. The molecule has 5 nitrogen and oxygen atoms in total. The van der Waals surface area contributed by atoms with Crippen LogP contribution in [0.2, 0.25) is 0 Å². The van der Waals surface area contributed by atoms with Crippen LogP contribution in [0.5, 0.6) is 0 Å². The summed E-state index contributed by atoms with van der Waals surface area (Å²) in [6.07, 6.45) is 0. The van der Waals surface area contributed by atoms with Gasteiger partial charge < -0.3 is 9.73 Å². The first-order chi connectivity index (χ1) is 8.06. The van der Waals surface area contributed by atoms with E-state index in [1.807, 2.05) is 13.8 Å². The van der Waals surface area contributed by atoms with Crippen molar-refractivity contribution in [2.45, 2.75) is 40.3 Å². The van der Waals surface area contributed by atoms with Crippen molar-refractivity contribution in [2.24, 2.45) is 0 Å². The molecule has 2 rings (SSSR count). The van der Waals surface area contributed by atoms with Gasteiger partial charge in [0.15, 0.2) is 0 Å². The van der Waals surface area contributed by atoms with E-state index < -0.39 is 0 Å². The molecule has 0 radical (unpaired) electrons. The maximum Gasteiger partial charge on any atom is 0.230 e. The standard InChI is InChI=1S/C11H16N4OS/c1-6(11-7(2)13-9(4)17-11)12-5-10-15-14-8(3)16-10/h6,12H,5H2,1-4H3. The van der Waals surface area contributed by atoms with Crippen molar-refractivity contribution in [3.63, 3.8) is 0 Å². The number of aryl methyl sites for hydroxylation is 3. The topological polar surface area (TPSA) is 63.8 Å². The molecule has 0 aromatic carbocycles. The summed E-state index contributed by atoms with van der Waals surface area (Å²) in [5.74, 6) is 1.22. The monoisotopic (exact) mass is 252 g/mol. The molecule has 0 amide bonds. The molecular weight excluding hydrogens is 236 g/mol. The van der Waals surface area contributed by atoms with Gasteiger partial charge in [0.05, 0.1) is 17.2 Å². The lowest BCUT2D eigenvalue weighted by atomic mass is 10.2. The number of hydrogen-bond acceptors (Lipinski definition) is 6. The average Bonchev–Trinajstić information content (AvgIpc) is 2.81. The Balaban J connectivity index is 1.97. The van der Waals surface area contributed by atoms with Gasteiger partial charge in [0.1, 0.15) is 0 Å². The summed E-state index contributed by atoms with van der Waals surface area (Å²) >= 11 is 1.72. The highest BCUT2D eigenvalue weighted by Crippen LogP contribution is 2.24. The minimum Gasteiger partial charge on any atom is -0.424 e. The highest BCUT2D eigenvalue weighted by Gasteiger charge is 2.13. The van der Waals surface area contributed by atoms with Crippen molar-refractivity contribution in [3.8, 4) is 0 Å². The summed E-state index contributed by atoms with van der Waals surface area (Å²) < 4.78 is 5.31. The van der Waals surface area contributed by atoms with Gasteiger partial charge in [-0.05, 0) is 20.8 Å². The van der Waals surface area contributed by atoms with Crippen LogP contribution in [-0.4, -0.2) is 15.2 Å². The van der Waals surface area contributed by atoms with Crippen LogP contribution in [-0.2, 0) is 6.54 Å². The van der Waals surface area contributed by atoms with E-state index in [-0.39, 0.29) is 6.04 Å². The van der Waals surface area contributed by atoms with E-state index in [1.54, 1.807) is 18.3 Å². The molecule has 0 spiro atoms. The van der Waals surface area contributed by atoms with Crippen LogP contribution in [0.15, 0.2) is 4.42 Å². The van der Waals surface area contributed by atoms with Gasteiger partial charge in [0.2, 0.25) is 11.8 Å². The maximum absolute atomic E-state index is 5.31. The molecule has 2 aromatic heterocycles. The van der Waals surface area contributed by atoms with Crippen LogP contribution >= 0.6 is 11.3 Å². The van der Waals surface area contributed by atoms with Gasteiger partial charge in [-0.3, -0.25) is 0 Å². The van der Waals surface area contributed by atoms with Crippen LogP contribution in [0.1, 0.15) is 40.3 Å². The van der Waals surface area contributed by atoms with Gasteiger partial charge in [-0.2, -0.15) is 0 Å². The second kappa shape index (κ2) is 4.93.